The number of carbonyl (C=O) groups is 1. The molecule has 0 aliphatic heterocycles. The maximum absolute atomic E-state index is 11.9. The van der Waals surface area contributed by atoms with E-state index in [1.54, 1.807) is 0 Å². The molecule has 0 N–H and O–H groups in total. The number of hydrogen-bond donors (Lipinski definition) is 0. The van der Waals surface area contributed by atoms with Gasteiger partial charge in [0.25, 0.3) is 0 Å². The second kappa shape index (κ2) is 29.6. The number of carbonyl (C=O) groups excluding carboxylic acids is 1. The van der Waals surface area contributed by atoms with Crippen LogP contribution in [0, 0.1) is 0 Å². The van der Waals surface area contributed by atoms with E-state index in [1.807, 2.05) is 0 Å². The molecule has 0 unspecified atom stereocenters. The number of rotatable bonds is 29. The highest BCUT2D eigenvalue weighted by Crippen LogP contribution is 2.14. The van der Waals surface area contributed by atoms with Crippen LogP contribution >= 0.6 is 0 Å². The van der Waals surface area contributed by atoms with Gasteiger partial charge in [-0.1, -0.05) is 124 Å². The molecule has 0 heterocycles. The molecule has 4 nitrogen and oxygen atoms in total. The monoisotopic (exact) mass is 498 g/mol. The predicted octanol–water partition coefficient (Wildman–Crippen LogP) is 9.92. The van der Waals surface area contributed by atoms with E-state index in [1.165, 1.54) is 77.0 Å². The van der Waals surface area contributed by atoms with Crippen molar-refractivity contribution >= 4 is 5.97 Å². The lowest BCUT2D eigenvalue weighted by Gasteiger charge is -2.18. The number of unbranched alkanes of at least 4 members (excludes halogenated alkanes) is 17. The van der Waals surface area contributed by atoms with Gasteiger partial charge in [-0.15, -0.1) is 0 Å². The third kappa shape index (κ3) is 27.8. The summed E-state index contributed by atoms with van der Waals surface area (Å²) < 4.78 is 17.2. The molecule has 0 aromatic rings. The summed E-state index contributed by atoms with van der Waals surface area (Å²) in [5.74, 6) is -0.0207. The van der Waals surface area contributed by atoms with E-state index in [0.717, 1.165) is 77.4 Å². The van der Waals surface area contributed by atoms with Gasteiger partial charge in [-0.3, -0.25) is 4.79 Å². The maximum atomic E-state index is 11.9. The van der Waals surface area contributed by atoms with Crippen LogP contribution in [0.2, 0.25) is 0 Å². The van der Waals surface area contributed by atoms with Gasteiger partial charge in [-0.05, 0) is 38.5 Å². The summed E-state index contributed by atoms with van der Waals surface area (Å²) >= 11 is 0. The van der Waals surface area contributed by atoms with Gasteiger partial charge < -0.3 is 14.2 Å². The Morgan fingerprint density at radius 1 is 0.486 bits per heavy atom. The summed E-state index contributed by atoms with van der Waals surface area (Å²) in [5.41, 5.74) is 0. The summed E-state index contributed by atoms with van der Waals surface area (Å²) in [6, 6.07) is 0. The molecule has 0 amide bonds. The Labute approximate surface area is 219 Å². The lowest BCUT2D eigenvalue weighted by molar-refractivity contribution is -0.148. The Hall–Kier alpha value is -0.610. The molecule has 0 aliphatic carbocycles. The smallest absolute Gasteiger partial charge is 0.305 e. The van der Waals surface area contributed by atoms with E-state index in [4.69, 9.17) is 14.2 Å². The Morgan fingerprint density at radius 3 is 1.43 bits per heavy atom. The molecular weight excluding hydrogens is 436 g/mol. The molecule has 0 spiro atoms. The molecule has 0 saturated heterocycles. The SMILES string of the molecule is CCCCCCCCCCCCCCCOC(=O)CCCCCCC(OCCCC)OCCCC. The second-order valence-electron chi connectivity index (χ2n) is 10.3. The molecular formula is C31H62O4. The van der Waals surface area contributed by atoms with E-state index in [2.05, 4.69) is 20.8 Å². The van der Waals surface area contributed by atoms with Gasteiger partial charge in [0.1, 0.15) is 0 Å². The fourth-order valence-electron chi connectivity index (χ4n) is 4.24. The van der Waals surface area contributed by atoms with Crippen molar-refractivity contribution in [1.82, 2.24) is 0 Å². The quantitative estimate of drug-likeness (QED) is 0.0584. The lowest BCUT2D eigenvalue weighted by Crippen LogP contribution is -2.18. The molecule has 0 aliphatic rings. The van der Waals surface area contributed by atoms with Crippen LogP contribution in [-0.2, 0) is 19.0 Å². The van der Waals surface area contributed by atoms with E-state index < -0.39 is 0 Å². The molecule has 0 radical (unpaired) electrons. The standard InChI is InChI=1S/C31H62O4/c1-4-7-10-11-12-13-14-15-16-17-18-21-24-29-33-30(32)25-22-19-20-23-26-31(34-27-8-5-2)35-28-9-6-3/h31H,4-29H2,1-3H3. The third-order valence-corrected chi connectivity index (χ3v) is 6.68. The maximum Gasteiger partial charge on any atom is 0.305 e. The van der Waals surface area contributed by atoms with Gasteiger partial charge in [-0.2, -0.15) is 0 Å². The highest BCUT2D eigenvalue weighted by molar-refractivity contribution is 5.69. The molecule has 0 fully saturated rings. The fourth-order valence-corrected chi connectivity index (χ4v) is 4.24. The topological polar surface area (TPSA) is 44.8 Å². The summed E-state index contributed by atoms with van der Waals surface area (Å²) in [7, 11) is 0. The van der Waals surface area contributed by atoms with Crippen molar-refractivity contribution in [3.05, 3.63) is 0 Å². The van der Waals surface area contributed by atoms with Gasteiger partial charge in [-0.25, -0.2) is 0 Å². The first-order chi connectivity index (χ1) is 17.2. The molecule has 210 valence electrons. The van der Waals surface area contributed by atoms with Gasteiger partial charge in [0.2, 0.25) is 0 Å². The van der Waals surface area contributed by atoms with Crippen molar-refractivity contribution in [3.63, 3.8) is 0 Å². The van der Waals surface area contributed by atoms with Gasteiger partial charge in [0, 0.05) is 19.6 Å². The average Bonchev–Trinajstić information content (AvgIpc) is 2.86. The Kier molecular flexibility index (Phi) is 29.1. The molecule has 0 atom stereocenters. The molecule has 0 aromatic heterocycles. The number of hydrogen-bond acceptors (Lipinski definition) is 4. The summed E-state index contributed by atoms with van der Waals surface area (Å²) in [6.07, 6.45) is 27.6. The van der Waals surface area contributed by atoms with E-state index in [-0.39, 0.29) is 12.3 Å². The average molecular weight is 499 g/mol. The minimum atomic E-state index is -0.0571. The van der Waals surface area contributed by atoms with Crippen molar-refractivity contribution in [1.29, 1.82) is 0 Å². The van der Waals surface area contributed by atoms with Gasteiger partial charge in [0.15, 0.2) is 6.29 Å². The third-order valence-electron chi connectivity index (χ3n) is 6.68. The zero-order chi connectivity index (χ0) is 25.7. The van der Waals surface area contributed by atoms with Crippen molar-refractivity contribution in [2.75, 3.05) is 19.8 Å². The van der Waals surface area contributed by atoms with Crippen LogP contribution in [-0.4, -0.2) is 32.1 Å². The van der Waals surface area contributed by atoms with E-state index in [9.17, 15) is 4.79 Å². The van der Waals surface area contributed by atoms with Crippen LogP contribution in [0.5, 0.6) is 0 Å². The van der Waals surface area contributed by atoms with Crippen LogP contribution in [0.3, 0.4) is 0 Å². The van der Waals surface area contributed by atoms with Crippen molar-refractivity contribution in [2.24, 2.45) is 0 Å². The second-order valence-corrected chi connectivity index (χ2v) is 10.3. The van der Waals surface area contributed by atoms with E-state index in [0.29, 0.717) is 13.0 Å². The largest absolute Gasteiger partial charge is 0.466 e. The summed E-state index contributed by atoms with van der Waals surface area (Å²) in [5, 5.41) is 0. The first-order valence-electron chi connectivity index (χ1n) is 15.6. The Morgan fingerprint density at radius 2 is 0.914 bits per heavy atom. The van der Waals surface area contributed by atoms with Gasteiger partial charge in [0.05, 0.1) is 6.61 Å². The number of esters is 1. The zero-order valence-electron chi connectivity index (χ0n) is 24.1. The highest BCUT2D eigenvalue weighted by Gasteiger charge is 2.09. The summed E-state index contributed by atoms with van der Waals surface area (Å²) in [4.78, 5) is 11.9. The van der Waals surface area contributed by atoms with Crippen molar-refractivity contribution in [2.45, 2.75) is 175 Å². The minimum absolute atomic E-state index is 0.0207. The fraction of sp³-hybridized carbons (Fsp3) is 0.968. The zero-order valence-corrected chi connectivity index (χ0v) is 24.1. The molecule has 0 saturated carbocycles. The van der Waals surface area contributed by atoms with Crippen LogP contribution in [0.4, 0.5) is 0 Å². The van der Waals surface area contributed by atoms with Crippen molar-refractivity contribution in [3.8, 4) is 0 Å². The highest BCUT2D eigenvalue weighted by atomic mass is 16.7. The van der Waals surface area contributed by atoms with Crippen LogP contribution in [0.1, 0.15) is 168 Å². The van der Waals surface area contributed by atoms with Crippen LogP contribution < -0.4 is 0 Å². The minimum Gasteiger partial charge on any atom is -0.466 e. The molecule has 0 bridgehead atoms. The number of ether oxygens (including phenoxy) is 3. The van der Waals surface area contributed by atoms with E-state index >= 15 is 0 Å². The normalized spacial score (nSPS) is 11.4. The molecule has 0 rings (SSSR count). The molecule has 35 heavy (non-hydrogen) atoms. The van der Waals surface area contributed by atoms with Crippen LogP contribution in [0.15, 0.2) is 0 Å². The van der Waals surface area contributed by atoms with Crippen LogP contribution in [0.25, 0.3) is 0 Å². The Balaban J connectivity index is 3.44. The first-order valence-corrected chi connectivity index (χ1v) is 15.6. The lowest BCUT2D eigenvalue weighted by atomic mass is 10.0. The first kappa shape index (κ1) is 34.4. The van der Waals surface area contributed by atoms with Crippen molar-refractivity contribution < 1.29 is 19.0 Å². The van der Waals surface area contributed by atoms with Gasteiger partial charge >= 0.3 is 5.97 Å². The molecule has 0 aromatic carbocycles. The predicted molar refractivity (Wildman–Crippen MR) is 150 cm³/mol. The molecule has 4 heteroatoms. The Bertz CT molecular complexity index is 403. The summed E-state index contributed by atoms with van der Waals surface area (Å²) in [6.45, 7) is 8.82.